The minimum Gasteiger partial charge on any atom is -0.336 e. The van der Waals surface area contributed by atoms with Gasteiger partial charge in [0.1, 0.15) is 11.6 Å². The lowest BCUT2D eigenvalue weighted by atomic mass is 10.3. The van der Waals surface area contributed by atoms with E-state index in [9.17, 15) is 18.4 Å². The molecule has 0 aliphatic heterocycles. The van der Waals surface area contributed by atoms with Crippen molar-refractivity contribution in [2.24, 2.45) is 0 Å². The van der Waals surface area contributed by atoms with E-state index in [2.05, 4.69) is 10.6 Å². The first-order valence-electron chi connectivity index (χ1n) is 5.56. The zero-order valence-electron chi connectivity index (χ0n) is 10.5. The number of nitrogens with one attached hydrogen (secondary N) is 2. The molecule has 1 aromatic rings. The molecule has 3 amide bonds. The average molecular weight is 288 g/mol. The Bertz CT molecular complexity index is 481. The first kappa shape index (κ1) is 15.4. The van der Waals surface area contributed by atoms with Crippen LogP contribution in [0, 0.1) is 11.6 Å². The summed E-state index contributed by atoms with van der Waals surface area (Å²) in [7, 11) is 0. The number of carbonyl (C=O) groups is 2. The fourth-order valence-corrected chi connectivity index (χ4v) is 1.92. The van der Waals surface area contributed by atoms with Crippen LogP contribution in [0.5, 0.6) is 0 Å². The number of benzene rings is 1. The van der Waals surface area contributed by atoms with Crippen LogP contribution in [-0.2, 0) is 4.79 Å². The van der Waals surface area contributed by atoms with Gasteiger partial charge in [-0.1, -0.05) is 0 Å². The quantitative estimate of drug-likeness (QED) is 0.836. The van der Waals surface area contributed by atoms with Crippen LogP contribution in [0.15, 0.2) is 23.1 Å². The predicted octanol–water partition coefficient (Wildman–Crippen LogP) is 2.29. The summed E-state index contributed by atoms with van der Waals surface area (Å²) in [6.07, 6.45) is 0. The Hall–Kier alpha value is -1.63. The molecule has 0 aliphatic rings. The molecule has 0 unspecified atom stereocenters. The molecule has 4 nitrogen and oxygen atoms in total. The molecule has 1 aromatic carbocycles. The Morgan fingerprint density at radius 1 is 1.32 bits per heavy atom. The summed E-state index contributed by atoms with van der Waals surface area (Å²) in [5, 5.41) is 4.59. The molecule has 0 saturated carbocycles. The van der Waals surface area contributed by atoms with E-state index in [0.29, 0.717) is 0 Å². The number of carbonyl (C=O) groups excluding carboxylic acids is 2. The highest BCUT2D eigenvalue weighted by Gasteiger charge is 2.11. The van der Waals surface area contributed by atoms with Crippen LogP contribution < -0.4 is 10.6 Å². The summed E-state index contributed by atoms with van der Waals surface area (Å²) in [4.78, 5) is 22.8. The van der Waals surface area contributed by atoms with E-state index in [1.165, 1.54) is 6.07 Å². The smallest absolute Gasteiger partial charge is 0.321 e. The van der Waals surface area contributed by atoms with Gasteiger partial charge >= 0.3 is 6.03 Å². The van der Waals surface area contributed by atoms with Gasteiger partial charge in [-0.05, 0) is 26.0 Å². The molecule has 0 radical (unpaired) electrons. The summed E-state index contributed by atoms with van der Waals surface area (Å²) >= 11 is 0.891. The van der Waals surface area contributed by atoms with Crippen LogP contribution >= 0.6 is 11.8 Å². The minimum absolute atomic E-state index is 0.0880. The van der Waals surface area contributed by atoms with Gasteiger partial charge in [-0.25, -0.2) is 13.6 Å². The van der Waals surface area contributed by atoms with Gasteiger partial charge < -0.3 is 5.32 Å². The molecule has 0 bridgehead atoms. The number of hydrogen-bond acceptors (Lipinski definition) is 3. The Morgan fingerprint density at radius 3 is 2.58 bits per heavy atom. The van der Waals surface area contributed by atoms with E-state index >= 15 is 0 Å². The van der Waals surface area contributed by atoms with Crippen molar-refractivity contribution in [2.75, 3.05) is 5.75 Å². The normalized spacial score (nSPS) is 10.4. The van der Waals surface area contributed by atoms with Gasteiger partial charge in [0, 0.05) is 17.0 Å². The van der Waals surface area contributed by atoms with Gasteiger partial charge in [0.15, 0.2) is 0 Å². The van der Waals surface area contributed by atoms with Gasteiger partial charge in [-0.15, -0.1) is 11.8 Å². The molecular formula is C12H14F2N2O2S. The zero-order chi connectivity index (χ0) is 14.4. The lowest BCUT2D eigenvalue weighted by Gasteiger charge is -2.09. The summed E-state index contributed by atoms with van der Waals surface area (Å²) in [6.45, 7) is 3.51. The average Bonchev–Trinajstić information content (AvgIpc) is 2.26. The number of imide groups is 1. The Kier molecular flexibility index (Phi) is 5.75. The van der Waals surface area contributed by atoms with E-state index in [4.69, 9.17) is 0 Å². The highest BCUT2D eigenvalue weighted by atomic mass is 32.2. The first-order valence-corrected chi connectivity index (χ1v) is 6.55. The molecule has 0 fully saturated rings. The largest absolute Gasteiger partial charge is 0.336 e. The number of amides is 3. The van der Waals surface area contributed by atoms with Crippen molar-refractivity contribution >= 4 is 23.7 Å². The lowest BCUT2D eigenvalue weighted by molar-refractivity contribution is -0.117. The van der Waals surface area contributed by atoms with Crippen molar-refractivity contribution in [1.82, 2.24) is 10.6 Å². The van der Waals surface area contributed by atoms with Crippen molar-refractivity contribution in [1.29, 1.82) is 0 Å². The van der Waals surface area contributed by atoms with Crippen LogP contribution in [0.1, 0.15) is 13.8 Å². The molecule has 0 atom stereocenters. The second-order valence-electron chi connectivity index (χ2n) is 4.04. The molecule has 0 aliphatic carbocycles. The van der Waals surface area contributed by atoms with Gasteiger partial charge in [-0.3, -0.25) is 10.1 Å². The van der Waals surface area contributed by atoms with E-state index in [0.717, 1.165) is 23.9 Å². The number of rotatable bonds is 4. The van der Waals surface area contributed by atoms with Gasteiger partial charge in [0.05, 0.1) is 5.75 Å². The Labute approximate surface area is 113 Å². The fourth-order valence-electron chi connectivity index (χ4n) is 1.20. The molecule has 0 saturated heterocycles. The summed E-state index contributed by atoms with van der Waals surface area (Å²) in [5.74, 6) is -2.09. The molecule has 19 heavy (non-hydrogen) atoms. The summed E-state index contributed by atoms with van der Waals surface area (Å²) < 4.78 is 25.9. The number of urea groups is 1. The van der Waals surface area contributed by atoms with Gasteiger partial charge in [0.25, 0.3) is 0 Å². The minimum atomic E-state index is -0.732. The maximum atomic E-state index is 13.3. The molecule has 0 aromatic heterocycles. The zero-order valence-corrected chi connectivity index (χ0v) is 11.3. The van der Waals surface area contributed by atoms with Crippen molar-refractivity contribution < 1.29 is 18.4 Å². The van der Waals surface area contributed by atoms with Gasteiger partial charge in [-0.2, -0.15) is 0 Å². The molecule has 0 spiro atoms. The van der Waals surface area contributed by atoms with E-state index < -0.39 is 23.6 Å². The maximum Gasteiger partial charge on any atom is 0.321 e. The third kappa shape index (κ3) is 5.69. The van der Waals surface area contributed by atoms with Crippen LogP contribution in [0.2, 0.25) is 0 Å². The Balaban J connectivity index is 2.44. The highest BCUT2D eigenvalue weighted by Crippen LogP contribution is 2.21. The topological polar surface area (TPSA) is 58.2 Å². The van der Waals surface area contributed by atoms with Crippen molar-refractivity contribution in [2.45, 2.75) is 24.8 Å². The number of hydrogen-bond donors (Lipinski definition) is 2. The van der Waals surface area contributed by atoms with E-state index in [1.54, 1.807) is 13.8 Å². The third-order valence-corrected chi connectivity index (χ3v) is 2.97. The molecule has 0 heterocycles. The molecule has 1 rings (SSSR count). The second-order valence-corrected chi connectivity index (χ2v) is 5.06. The van der Waals surface area contributed by atoms with Crippen LogP contribution in [0.25, 0.3) is 0 Å². The number of halogens is 2. The molecular weight excluding hydrogens is 274 g/mol. The first-order chi connectivity index (χ1) is 8.88. The maximum absolute atomic E-state index is 13.3. The van der Waals surface area contributed by atoms with Crippen LogP contribution in [-0.4, -0.2) is 23.7 Å². The lowest BCUT2D eigenvalue weighted by Crippen LogP contribution is -2.43. The monoisotopic (exact) mass is 288 g/mol. The SMILES string of the molecule is CC(C)NC(=O)NC(=O)CSc1ccc(F)cc1F. The standard InChI is InChI=1S/C12H14F2N2O2S/c1-7(2)15-12(18)16-11(17)6-19-10-4-3-8(13)5-9(10)14/h3-5,7H,6H2,1-2H3,(H2,15,16,17,18). The Morgan fingerprint density at radius 2 is 2.00 bits per heavy atom. The fraction of sp³-hybridized carbons (Fsp3) is 0.333. The van der Waals surface area contributed by atoms with E-state index in [1.807, 2.05) is 0 Å². The number of thioether (sulfide) groups is 1. The van der Waals surface area contributed by atoms with Gasteiger partial charge in [0.2, 0.25) is 5.91 Å². The predicted molar refractivity (Wildman–Crippen MR) is 68.9 cm³/mol. The summed E-state index contributed by atoms with van der Waals surface area (Å²) in [6, 6.07) is 2.41. The second kappa shape index (κ2) is 7.08. The molecule has 2 N–H and O–H groups in total. The van der Waals surface area contributed by atoms with Crippen molar-refractivity contribution in [3.05, 3.63) is 29.8 Å². The van der Waals surface area contributed by atoms with Crippen LogP contribution in [0.4, 0.5) is 13.6 Å². The third-order valence-electron chi connectivity index (χ3n) is 1.93. The molecule has 7 heteroatoms. The van der Waals surface area contributed by atoms with Crippen molar-refractivity contribution in [3.63, 3.8) is 0 Å². The highest BCUT2D eigenvalue weighted by molar-refractivity contribution is 8.00. The van der Waals surface area contributed by atoms with Crippen LogP contribution in [0.3, 0.4) is 0 Å². The van der Waals surface area contributed by atoms with E-state index in [-0.39, 0.29) is 16.7 Å². The summed E-state index contributed by atoms with van der Waals surface area (Å²) in [5.41, 5.74) is 0. The molecule has 104 valence electrons. The van der Waals surface area contributed by atoms with Crippen molar-refractivity contribution in [3.8, 4) is 0 Å².